The average molecular weight is 229 g/mol. The molecule has 88 valence electrons. The molecule has 2 nitrogen and oxygen atoms in total. The molecule has 2 fully saturated rings. The molecule has 2 N–H and O–H groups in total. The van der Waals surface area contributed by atoms with Crippen molar-refractivity contribution < 1.29 is 5.11 Å². The Morgan fingerprint density at radius 3 is 2.33 bits per heavy atom. The molecule has 0 aromatic rings. The van der Waals surface area contributed by atoms with Gasteiger partial charge in [-0.2, -0.15) is 11.8 Å². The highest BCUT2D eigenvalue weighted by atomic mass is 32.2. The molecule has 2 aliphatic rings. The van der Waals surface area contributed by atoms with Gasteiger partial charge in [-0.25, -0.2) is 0 Å². The van der Waals surface area contributed by atoms with E-state index in [0.717, 1.165) is 11.7 Å². The third-order valence-electron chi connectivity index (χ3n) is 3.94. The number of nitrogens with one attached hydrogen (secondary N) is 1. The van der Waals surface area contributed by atoms with E-state index in [1.807, 2.05) is 11.8 Å². The molecule has 2 aliphatic carbocycles. The summed E-state index contributed by atoms with van der Waals surface area (Å²) in [5.41, 5.74) is 0. The summed E-state index contributed by atoms with van der Waals surface area (Å²) in [5, 5.41) is 14.3. The first-order valence-corrected chi connectivity index (χ1v) is 7.55. The van der Waals surface area contributed by atoms with Crippen molar-refractivity contribution in [2.24, 2.45) is 0 Å². The molecule has 0 bridgehead atoms. The van der Waals surface area contributed by atoms with Gasteiger partial charge in [0.05, 0.1) is 6.10 Å². The van der Waals surface area contributed by atoms with Crippen LogP contribution in [0.3, 0.4) is 0 Å². The topological polar surface area (TPSA) is 32.3 Å². The van der Waals surface area contributed by atoms with Crippen molar-refractivity contribution in [2.75, 3.05) is 6.26 Å². The van der Waals surface area contributed by atoms with Gasteiger partial charge in [0.2, 0.25) is 0 Å². The van der Waals surface area contributed by atoms with Crippen LogP contribution in [-0.4, -0.2) is 34.8 Å². The van der Waals surface area contributed by atoms with Crippen LogP contribution in [0.1, 0.15) is 44.9 Å². The van der Waals surface area contributed by atoms with Gasteiger partial charge < -0.3 is 10.4 Å². The van der Waals surface area contributed by atoms with Crippen LogP contribution in [0.4, 0.5) is 0 Å². The Kier molecular flexibility index (Phi) is 4.35. The van der Waals surface area contributed by atoms with Crippen LogP contribution in [0.25, 0.3) is 0 Å². The molecule has 3 heteroatoms. The lowest BCUT2D eigenvalue weighted by Crippen LogP contribution is -2.44. The normalized spacial score (nSPS) is 42.0. The standard InChI is InChI=1S/C12H23NOS/c1-15-10-7-5-9(6-8-10)13-11-3-2-4-12(11)14/h9-14H,2-8H2,1H3/t9?,10?,11-,12-/m1/s1. The summed E-state index contributed by atoms with van der Waals surface area (Å²) < 4.78 is 0. The first kappa shape index (κ1) is 11.7. The molecule has 0 saturated heterocycles. The van der Waals surface area contributed by atoms with Gasteiger partial charge in [-0.05, 0) is 51.2 Å². The average Bonchev–Trinajstić information content (AvgIpc) is 2.66. The summed E-state index contributed by atoms with van der Waals surface area (Å²) in [4.78, 5) is 0. The molecule has 15 heavy (non-hydrogen) atoms. The van der Waals surface area contributed by atoms with Gasteiger partial charge in [0.25, 0.3) is 0 Å². The van der Waals surface area contributed by atoms with Crippen LogP contribution in [0.2, 0.25) is 0 Å². The molecule has 0 aromatic carbocycles. The highest BCUT2D eigenvalue weighted by Crippen LogP contribution is 2.28. The second-order valence-electron chi connectivity index (χ2n) is 4.98. The predicted octanol–water partition coefficient (Wildman–Crippen LogP) is 2.16. The highest BCUT2D eigenvalue weighted by molar-refractivity contribution is 7.99. The summed E-state index contributed by atoms with van der Waals surface area (Å²) in [7, 11) is 0. The van der Waals surface area contributed by atoms with Crippen molar-refractivity contribution in [3.8, 4) is 0 Å². The number of aliphatic hydroxyl groups excluding tert-OH is 1. The van der Waals surface area contributed by atoms with E-state index in [1.165, 1.54) is 38.5 Å². The fraction of sp³-hybridized carbons (Fsp3) is 1.00. The summed E-state index contributed by atoms with van der Waals surface area (Å²) in [6.07, 6.45) is 10.8. The summed E-state index contributed by atoms with van der Waals surface area (Å²) in [5.74, 6) is 0. The van der Waals surface area contributed by atoms with E-state index < -0.39 is 0 Å². The van der Waals surface area contributed by atoms with Crippen LogP contribution in [-0.2, 0) is 0 Å². The van der Waals surface area contributed by atoms with Crippen molar-refractivity contribution in [1.82, 2.24) is 5.32 Å². The predicted molar refractivity (Wildman–Crippen MR) is 66.3 cm³/mol. The first-order valence-electron chi connectivity index (χ1n) is 6.26. The maximum absolute atomic E-state index is 9.75. The van der Waals surface area contributed by atoms with Gasteiger partial charge in [-0.15, -0.1) is 0 Å². The van der Waals surface area contributed by atoms with Gasteiger partial charge in [-0.3, -0.25) is 0 Å². The van der Waals surface area contributed by atoms with Crippen LogP contribution < -0.4 is 5.32 Å². The highest BCUT2D eigenvalue weighted by Gasteiger charge is 2.29. The Balaban J connectivity index is 1.72. The summed E-state index contributed by atoms with van der Waals surface area (Å²) in [6, 6.07) is 1.06. The van der Waals surface area contributed by atoms with Gasteiger partial charge >= 0.3 is 0 Å². The molecule has 0 unspecified atom stereocenters. The largest absolute Gasteiger partial charge is 0.392 e. The minimum absolute atomic E-state index is 0.0803. The molecular weight excluding hydrogens is 206 g/mol. The number of hydrogen-bond donors (Lipinski definition) is 2. The third-order valence-corrected chi connectivity index (χ3v) is 5.07. The molecule has 2 rings (SSSR count). The van der Waals surface area contributed by atoms with E-state index in [9.17, 15) is 5.11 Å². The van der Waals surface area contributed by atoms with Gasteiger partial charge in [0, 0.05) is 17.3 Å². The van der Waals surface area contributed by atoms with Crippen LogP contribution in [0.5, 0.6) is 0 Å². The molecule has 0 spiro atoms. The summed E-state index contributed by atoms with van der Waals surface area (Å²) >= 11 is 2.01. The number of aliphatic hydroxyl groups is 1. The third kappa shape index (κ3) is 3.11. The molecule has 2 saturated carbocycles. The van der Waals surface area contributed by atoms with E-state index in [2.05, 4.69) is 11.6 Å². The van der Waals surface area contributed by atoms with Crippen LogP contribution in [0, 0.1) is 0 Å². The lowest BCUT2D eigenvalue weighted by atomic mass is 9.94. The fourth-order valence-corrected chi connectivity index (χ4v) is 3.65. The van der Waals surface area contributed by atoms with Crippen LogP contribution in [0.15, 0.2) is 0 Å². The lowest BCUT2D eigenvalue weighted by molar-refractivity contribution is 0.138. The molecule has 0 aromatic heterocycles. The van der Waals surface area contributed by atoms with E-state index in [4.69, 9.17) is 0 Å². The van der Waals surface area contributed by atoms with E-state index in [1.54, 1.807) is 0 Å². The van der Waals surface area contributed by atoms with E-state index in [0.29, 0.717) is 12.1 Å². The van der Waals surface area contributed by atoms with Crippen molar-refractivity contribution in [1.29, 1.82) is 0 Å². The molecule has 0 radical (unpaired) electrons. The zero-order chi connectivity index (χ0) is 10.7. The van der Waals surface area contributed by atoms with Crippen molar-refractivity contribution in [3.05, 3.63) is 0 Å². The Morgan fingerprint density at radius 1 is 1.07 bits per heavy atom. The zero-order valence-electron chi connectivity index (χ0n) is 9.61. The van der Waals surface area contributed by atoms with E-state index >= 15 is 0 Å². The molecule has 0 amide bonds. The number of rotatable bonds is 3. The van der Waals surface area contributed by atoms with E-state index in [-0.39, 0.29) is 6.10 Å². The quantitative estimate of drug-likeness (QED) is 0.778. The van der Waals surface area contributed by atoms with Crippen molar-refractivity contribution in [2.45, 2.75) is 68.4 Å². The van der Waals surface area contributed by atoms with Crippen molar-refractivity contribution >= 4 is 11.8 Å². The molecule has 0 heterocycles. The Hall–Kier alpha value is 0.270. The molecular formula is C12H23NOS. The molecule has 0 aliphatic heterocycles. The zero-order valence-corrected chi connectivity index (χ0v) is 10.4. The Labute approximate surface area is 97.2 Å². The first-order chi connectivity index (χ1) is 7.29. The Bertz CT molecular complexity index is 192. The number of thioether (sulfide) groups is 1. The summed E-state index contributed by atoms with van der Waals surface area (Å²) in [6.45, 7) is 0. The monoisotopic (exact) mass is 229 g/mol. The minimum Gasteiger partial charge on any atom is -0.392 e. The van der Waals surface area contributed by atoms with Crippen LogP contribution >= 0.6 is 11.8 Å². The van der Waals surface area contributed by atoms with Gasteiger partial charge in [0.1, 0.15) is 0 Å². The lowest BCUT2D eigenvalue weighted by Gasteiger charge is -2.31. The van der Waals surface area contributed by atoms with Gasteiger partial charge in [-0.1, -0.05) is 0 Å². The van der Waals surface area contributed by atoms with Gasteiger partial charge in [0.15, 0.2) is 0 Å². The molecule has 2 atom stereocenters. The second-order valence-corrected chi connectivity index (χ2v) is 6.12. The van der Waals surface area contributed by atoms with Crippen molar-refractivity contribution in [3.63, 3.8) is 0 Å². The minimum atomic E-state index is -0.0803. The maximum atomic E-state index is 9.75. The SMILES string of the molecule is CSC1CCC(N[C@@H]2CCC[C@H]2O)CC1. The smallest absolute Gasteiger partial charge is 0.0693 e. The number of hydrogen-bond acceptors (Lipinski definition) is 3. The maximum Gasteiger partial charge on any atom is 0.0693 e. The second kappa shape index (κ2) is 5.55. The fourth-order valence-electron chi connectivity index (χ4n) is 2.90. The Morgan fingerprint density at radius 2 is 1.80 bits per heavy atom.